The van der Waals surface area contributed by atoms with E-state index in [0.717, 1.165) is 16.6 Å². The van der Waals surface area contributed by atoms with E-state index in [9.17, 15) is 0 Å². The van der Waals surface area contributed by atoms with E-state index in [4.69, 9.17) is 23.2 Å². The number of hydrogen-bond acceptors (Lipinski definition) is 2. The largest absolute Gasteiger partial charge is 0.244 e. The number of halogens is 2. The second-order valence-corrected chi connectivity index (χ2v) is 5.01. The molecule has 2 nitrogen and oxygen atoms in total. The molecule has 0 aliphatic carbocycles. The second-order valence-electron chi connectivity index (χ2n) is 4.24. The molecule has 0 aliphatic rings. The lowest BCUT2D eigenvalue weighted by molar-refractivity contribution is 1.27. The molecule has 0 atom stereocenters. The number of benzene rings is 2. The van der Waals surface area contributed by atoms with Crippen molar-refractivity contribution in [1.29, 1.82) is 0 Å². The van der Waals surface area contributed by atoms with Crippen LogP contribution in [0, 0.1) is 0 Å². The summed E-state index contributed by atoms with van der Waals surface area (Å²) in [6, 6.07) is 15.2. The highest BCUT2D eigenvalue weighted by atomic mass is 35.5. The van der Waals surface area contributed by atoms with Crippen LogP contribution in [0.1, 0.15) is 11.3 Å². The number of fused-ring (bicyclic) bond motifs is 1. The van der Waals surface area contributed by atoms with Crippen LogP contribution in [-0.2, 0) is 0 Å². The van der Waals surface area contributed by atoms with Crippen molar-refractivity contribution in [2.45, 2.75) is 0 Å². The topological polar surface area (TPSA) is 25.8 Å². The predicted octanol–water partition coefficient (Wildman–Crippen LogP) is 5.11. The van der Waals surface area contributed by atoms with E-state index in [1.54, 1.807) is 0 Å². The molecule has 98 valence electrons. The third-order valence-corrected chi connectivity index (χ3v) is 3.50. The number of aromatic nitrogens is 2. The molecule has 0 saturated carbocycles. The Hall–Kier alpha value is -1.90. The Bertz CT molecular complexity index is 797. The highest BCUT2D eigenvalue weighted by Gasteiger charge is 2.03. The summed E-state index contributed by atoms with van der Waals surface area (Å²) in [6.07, 6.45) is 3.70. The average Bonchev–Trinajstić information content (AvgIpc) is 2.46. The molecular formula is C16H10Cl2N2. The Kier molecular flexibility index (Phi) is 3.68. The van der Waals surface area contributed by atoms with Crippen LogP contribution >= 0.6 is 23.2 Å². The predicted molar refractivity (Wildman–Crippen MR) is 84.9 cm³/mol. The summed E-state index contributed by atoms with van der Waals surface area (Å²) in [7, 11) is 0. The maximum atomic E-state index is 6.15. The number of nitrogens with zero attached hydrogens (tertiary/aromatic N) is 2. The maximum Gasteiger partial charge on any atom is 0.155 e. The first-order valence-electron chi connectivity index (χ1n) is 6.09. The Morgan fingerprint density at radius 3 is 2.15 bits per heavy atom. The van der Waals surface area contributed by atoms with E-state index in [-0.39, 0.29) is 0 Å². The van der Waals surface area contributed by atoms with Gasteiger partial charge in [-0.2, -0.15) is 0 Å². The van der Waals surface area contributed by atoms with Gasteiger partial charge in [-0.15, -0.1) is 0 Å². The summed E-state index contributed by atoms with van der Waals surface area (Å²) in [5.41, 5.74) is 3.15. The van der Waals surface area contributed by atoms with Gasteiger partial charge in [0.2, 0.25) is 0 Å². The van der Waals surface area contributed by atoms with E-state index in [0.29, 0.717) is 15.9 Å². The van der Waals surface area contributed by atoms with Gasteiger partial charge in [0.05, 0.1) is 11.0 Å². The molecule has 2 aromatic carbocycles. The zero-order valence-corrected chi connectivity index (χ0v) is 11.9. The van der Waals surface area contributed by atoms with Crippen molar-refractivity contribution in [1.82, 2.24) is 9.97 Å². The molecule has 0 fully saturated rings. The Labute approximate surface area is 126 Å². The summed E-state index contributed by atoms with van der Waals surface area (Å²) in [5, 5.41) is 1.07. The maximum absolute atomic E-state index is 6.15. The Balaban J connectivity index is 2.02. The molecule has 3 aromatic rings. The van der Waals surface area contributed by atoms with E-state index < -0.39 is 0 Å². The first-order chi connectivity index (χ1) is 9.74. The van der Waals surface area contributed by atoms with Gasteiger partial charge in [-0.05, 0) is 29.8 Å². The van der Waals surface area contributed by atoms with E-state index in [1.807, 2.05) is 60.7 Å². The molecule has 0 amide bonds. The lowest BCUT2D eigenvalue weighted by Gasteiger charge is -2.01. The molecule has 0 N–H and O–H groups in total. The third kappa shape index (κ3) is 2.67. The molecule has 0 radical (unpaired) electrons. The summed E-state index contributed by atoms with van der Waals surface area (Å²) < 4.78 is 0. The highest BCUT2D eigenvalue weighted by Crippen LogP contribution is 2.21. The smallest absolute Gasteiger partial charge is 0.155 e. The van der Waals surface area contributed by atoms with Gasteiger partial charge in [0, 0.05) is 5.02 Å². The van der Waals surface area contributed by atoms with Crippen molar-refractivity contribution in [3.05, 3.63) is 70.0 Å². The fourth-order valence-electron chi connectivity index (χ4n) is 1.88. The average molecular weight is 301 g/mol. The van der Waals surface area contributed by atoms with E-state index in [1.165, 1.54) is 0 Å². The van der Waals surface area contributed by atoms with Crippen LogP contribution in [0.25, 0.3) is 23.2 Å². The van der Waals surface area contributed by atoms with E-state index >= 15 is 0 Å². The minimum Gasteiger partial charge on any atom is -0.244 e. The molecule has 0 aliphatic heterocycles. The van der Waals surface area contributed by atoms with Gasteiger partial charge >= 0.3 is 0 Å². The van der Waals surface area contributed by atoms with Crippen molar-refractivity contribution in [2.24, 2.45) is 0 Å². The van der Waals surface area contributed by atoms with Crippen LogP contribution in [0.3, 0.4) is 0 Å². The van der Waals surface area contributed by atoms with Gasteiger partial charge in [0.1, 0.15) is 5.69 Å². The minimum absolute atomic E-state index is 0.381. The molecular weight excluding hydrogens is 291 g/mol. The fourth-order valence-corrected chi connectivity index (χ4v) is 2.27. The van der Waals surface area contributed by atoms with Crippen LogP contribution in [0.2, 0.25) is 10.2 Å². The van der Waals surface area contributed by atoms with Gasteiger partial charge in [-0.3, -0.25) is 0 Å². The quantitative estimate of drug-likeness (QED) is 0.657. The molecule has 1 heterocycles. The normalized spacial score (nSPS) is 11.3. The SMILES string of the molecule is Clc1ccccc1/C=C/c1nc2ccccc2nc1Cl. The van der Waals surface area contributed by atoms with Crippen LogP contribution in [0.5, 0.6) is 0 Å². The summed E-state index contributed by atoms with van der Waals surface area (Å²) in [5.74, 6) is 0. The molecule has 1 aromatic heterocycles. The molecule has 20 heavy (non-hydrogen) atoms. The molecule has 0 saturated heterocycles. The number of hydrogen-bond donors (Lipinski definition) is 0. The first-order valence-corrected chi connectivity index (χ1v) is 6.84. The number of para-hydroxylation sites is 2. The van der Waals surface area contributed by atoms with Gasteiger partial charge in [-0.1, -0.05) is 59.6 Å². The molecule has 4 heteroatoms. The summed E-state index contributed by atoms with van der Waals surface area (Å²) in [4.78, 5) is 8.82. The second kappa shape index (κ2) is 5.61. The van der Waals surface area contributed by atoms with Crippen molar-refractivity contribution in [3.63, 3.8) is 0 Å². The lowest BCUT2D eigenvalue weighted by atomic mass is 10.2. The van der Waals surface area contributed by atoms with Crippen molar-refractivity contribution >= 4 is 46.4 Å². The summed E-state index contributed by atoms with van der Waals surface area (Å²) in [6.45, 7) is 0. The fraction of sp³-hybridized carbons (Fsp3) is 0. The van der Waals surface area contributed by atoms with Gasteiger partial charge in [0.25, 0.3) is 0 Å². The first kappa shape index (κ1) is 13.1. The van der Waals surface area contributed by atoms with Crippen molar-refractivity contribution in [2.75, 3.05) is 0 Å². The molecule has 0 unspecified atom stereocenters. The van der Waals surface area contributed by atoms with E-state index in [2.05, 4.69) is 9.97 Å². The molecule has 0 bridgehead atoms. The zero-order valence-electron chi connectivity index (χ0n) is 10.4. The molecule has 3 rings (SSSR count). The van der Waals surface area contributed by atoms with Gasteiger partial charge < -0.3 is 0 Å². The Morgan fingerprint density at radius 1 is 0.750 bits per heavy atom. The van der Waals surface area contributed by atoms with Crippen LogP contribution in [0.15, 0.2) is 48.5 Å². The minimum atomic E-state index is 0.381. The Morgan fingerprint density at radius 2 is 1.40 bits per heavy atom. The van der Waals surface area contributed by atoms with Crippen LogP contribution < -0.4 is 0 Å². The highest BCUT2D eigenvalue weighted by molar-refractivity contribution is 6.32. The number of rotatable bonds is 2. The molecule has 0 spiro atoms. The van der Waals surface area contributed by atoms with Gasteiger partial charge in [0.15, 0.2) is 5.15 Å². The standard InChI is InChI=1S/C16H10Cl2N2/c17-12-6-2-1-5-11(12)9-10-15-16(18)20-14-8-4-3-7-13(14)19-15/h1-10H/b10-9+. The zero-order chi connectivity index (χ0) is 13.9. The lowest BCUT2D eigenvalue weighted by Crippen LogP contribution is -1.89. The van der Waals surface area contributed by atoms with Crippen molar-refractivity contribution in [3.8, 4) is 0 Å². The van der Waals surface area contributed by atoms with Crippen LogP contribution in [0.4, 0.5) is 0 Å². The third-order valence-electron chi connectivity index (χ3n) is 2.88. The monoisotopic (exact) mass is 300 g/mol. The van der Waals surface area contributed by atoms with Gasteiger partial charge in [-0.25, -0.2) is 9.97 Å². The van der Waals surface area contributed by atoms with Crippen LogP contribution in [-0.4, -0.2) is 9.97 Å². The summed E-state index contributed by atoms with van der Waals surface area (Å²) >= 11 is 12.3. The van der Waals surface area contributed by atoms with Crippen molar-refractivity contribution < 1.29 is 0 Å².